The Morgan fingerprint density at radius 1 is 1.07 bits per heavy atom. The number of carbonyl (C=O) groups is 2. The fourth-order valence-electron chi connectivity index (χ4n) is 7.77. The van der Waals surface area contributed by atoms with Gasteiger partial charge in [-0.25, -0.2) is 4.98 Å². The minimum Gasteiger partial charge on any atom is -0.494 e. The Hall–Kier alpha value is -3.85. The Bertz CT molecular complexity index is 1720. The molecule has 2 aromatic heterocycles. The molecule has 3 aliphatic heterocycles. The molecule has 0 aliphatic carbocycles. The molecule has 0 saturated carbocycles. The van der Waals surface area contributed by atoms with Gasteiger partial charge in [0.2, 0.25) is 5.91 Å². The number of rotatable bonds is 3. The van der Waals surface area contributed by atoms with Gasteiger partial charge in [-0.05, 0) is 68.9 Å². The Morgan fingerprint density at radius 2 is 1.88 bits per heavy atom. The predicted molar refractivity (Wildman–Crippen MR) is 168 cm³/mol. The molecular formula is C34H42N6O3. The van der Waals surface area contributed by atoms with Crippen molar-refractivity contribution in [1.29, 1.82) is 0 Å². The molecule has 4 aromatic rings. The first-order valence-electron chi connectivity index (χ1n) is 15.9. The molecule has 2 amide bonds. The lowest BCUT2D eigenvalue weighted by atomic mass is 9.97. The van der Waals surface area contributed by atoms with Crippen molar-refractivity contribution in [3.8, 4) is 17.3 Å². The molecule has 2 fully saturated rings. The maximum atomic E-state index is 13.8. The molecule has 0 spiro atoms. The Labute approximate surface area is 252 Å². The van der Waals surface area contributed by atoms with Gasteiger partial charge in [-0.15, -0.1) is 0 Å². The van der Waals surface area contributed by atoms with Crippen molar-refractivity contribution >= 4 is 33.8 Å². The summed E-state index contributed by atoms with van der Waals surface area (Å²) in [6.07, 6.45) is 8.73. The van der Waals surface area contributed by atoms with Gasteiger partial charge in [0.15, 0.2) is 5.82 Å². The van der Waals surface area contributed by atoms with Gasteiger partial charge >= 0.3 is 0 Å². The van der Waals surface area contributed by atoms with Crippen LogP contribution in [0.2, 0.25) is 0 Å². The second-order valence-electron chi connectivity index (χ2n) is 12.8. The van der Waals surface area contributed by atoms with Crippen molar-refractivity contribution < 1.29 is 14.3 Å². The number of aryl methyl sites for hydroxylation is 2. The van der Waals surface area contributed by atoms with Gasteiger partial charge in [-0.1, -0.05) is 31.4 Å². The van der Waals surface area contributed by atoms with Gasteiger partial charge in [-0.3, -0.25) is 9.59 Å². The van der Waals surface area contributed by atoms with Gasteiger partial charge in [0.25, 0.3) is 5.91 Å². The summed E-state index contributed by atoms with van der Waals surface area (Å²) in [5.41, 5.74) is 11.8. The molecule has 226 valence electrons. The molecule has 4 atom stereocenters. The van der Waals surface area contributed by atoms with E-state index in [0.717, 1.165) is 96.9 Å². The van der Waals surface area contributed by atoms with Crippen LogP contribution in [0.4, 0.5) is 0 Å². The van der Waals surface area contributed by atoms with Crippen LogP contribution in [0.1, 0.15) is 86.7 Å². The average Bonchev–Trinajstić information content (AvgIpc) is 3.74. The highest BCUT2D eigenvalue weighted by atomic mass is 16.5. The molecule has 0 unspecified atom stereocenters. The lowest BCUT2D eigenvalue weighted by molar-refractivity contribution is -0.121. The maximum Gasteiger partial charge on any atom is 0.254 e. The molecule has 7 rings (SSSR count). The second-order valence-corrected chi connectivity index (χ2v) is 12.8. The Kier molecular flexibility index (Phi) is 7.16. The first kappa shape index (κ1) is 28.0. The van der Waals surface area contributed by atoms with Crippen LogP contribution in [0.15, 0.2) is 36.4 Å². The lowest BCUT2D eigenvalue weighted by Crippen LogP contribution is -2.40. The third-order valence-electron chi connectivity index (χ3n) is 10.0. The van der Waals surface area contributed by atoms with Crippen molar-refractivity contribution in [2.24, 2.45) is 12.8 Å². The van der Waals surface area contributed by atoms with Gasteiger partial charge in [-0.2, -0.15) is 0 Å². The molecule has 9 nitrogen and oxygen atoms in total. The zero-order valence-electron chi connectivity index (χ0n) is 25.4. The molecule has 3 aliphatic rings. The van der Waals surface area contributed by atoms with Crippen molar-refractivity contribution in [2.45, 2.75) is 95.4 Å². The average molecular weight is 583 g/mol. The molecule has 0 radical (unpaired) electrons. The smallest absolute Gasteiger partial charge is 0.254 e. The molecule has 4 bridgehead atoms. The number of hydrogen-bond donors (Lipinski definition) is 2. The molecule has 43 heavy (non-hydrogen) atoms. The van der Waals surface area contributed by atoms with E-state index in [2.05, 4.69) is 45.6 Å². The van der Waals surface area contributed by atoms with Crippen LogP contribution in [-0.4, -0.2) is 56.1 Å². The first-order chi connectivity index (χ1) is 20.8. The fraction of sp³-hybridized carbons (Fsp3) is 0.500. The Balaban J connectivity index is 1.32. The molecule has 9 heteroatoms. The van der Waals surface area contributed by atoms with Crippen LogP contribution in [-0.2, 0) is 18.4 Å². The number of nitrogens with zero attached hydrogens (tertiary/aromatic N) is 4. The van der Waals surface area contributed by atoms with E-state index < -0.39 is 0 Å². The van der Waals surface area contributed by atoms with E-state index in [1.165, 1.54) is 0 Å². The highest BCUT2D eigenvalue weighted by Crippen LogP contribution is 2.40. The number of methoxy groups -OCH3 is 1. The topological polar surface area (TPSA) is 107 Å². The highest BCUT2D eigenvalue weighted by Gasteiger charge is 2.47. The van der Waals surface area contributed by atoms with E-state index in [1.807, 2.05) is 24.1 Å². The number of ether oxygens (including phenoxy) is 1. The number of nitrogens with two attached hydrogens (primary N) is 1. The zero-order chi connectivity index (χ0) is 29.8. The zero-order valence-corrected chi connectivity index (χ0v) is 25.4. The first-order valence-corrected chi connectivity index (χ1v) is 15.9. The van der Waals surface area contributed by atoms with Crippen LogP contribution in [0.5, 0.6) is 5.75 Å². The van der Waals surface area contributed by atoms with Crippen molar-refractivity contribution in [3.05, 3.63) is 47.5 Å². The quantitative estimate of drug-likeness (QED) is 0.335. The van der Waals surface area contributed by atoms with Crippen molar-refractivity contribution in [2.75, 3.05) is 7.11 Å². The van der Waals surface area contributed by atoms with Crippen LogP contribution in [0.3, 0.4) is 0 Å². The lowest BCUT2D eigenvalue weighted by Gasteiger charge is -2.23. The summed E-state index contributed by atoms with van der Waals surface area (Å²) in [6.45, 7) is 2.93. The van der Waals surface area contributed by atoms with Crippen LogP contribution < -0.4 is 15.8 Å². The minimum absolute atomic E-state index is 0.0175. The van der Waals surface area contributed by atoms with E-state index >= 15 is 0 Å². The molecule has 2 aromatic carbocycles. The summed E-state index contributed by atoms with van der Waals surface area (Å²) in [7, 11) is 3.67. The number of carbonyl (C=O) groups excluding carboxylic acids is 2. The summed E-state index contributed by atoms with van der Waals surface area (Å²) in [4.78, 5) is 33.5. The number of nitrogens with one attached hydrogen (secondary N) is 1. The number of aromatic nitrogens is 3. The highest BCUT2D eigenvalue weighted by molar-refractivity contribution is 6.01. The largest absolute Gasteiger partial charge is 0.494 e. The summed E-state index contributed by atoms with van der Waals surface area (Å²) in [6, 6.07) is 12.8. The number of fused-ring (bicyclic) bond motifs is 4. The van der Waals surface area contributed by atoms with E-state index in [-0.39, 0.29) is 36.0 Å². The summed E-state index contributed by atoms with van der Waals surface area (Å²) in [5, 5.41) is 4.32. The predicted octanol–water partition coefficient (Wildman–Crippen LogP) is 5.44. The van der Waals surface area contributed by atoms with E-state index in [4.69, 9.17) is 15.5 Å². The number of hydrogen-bond acceptors (Lipinski definition) is 5. The normalized spacial score (nSPS) is 24.6. The minimum atomic E-state index is -0.0667. The maximum absolute atomic E-state index is 13.8. The summed E-state index contributed by atoms with van der Waals surface area (Å²) < 4.78 is 10.3. The summed E-state index contributed by atoms with van der Waals surface area (Å²) >= 11 is 0. The molecule has 2 saturated heterocycles. The van der Waals surface area contributed by atoms with E-state index in [9.17, 15) is 9.59 Å². The fourth-order valence-corrected chi connectivity index (χ4v) is 7.77. The van der Waals surface area contributed by atoms with Gasteiger partial charge in [0.1, 0.15) is 11.3 Å². The van der Waals surface area contributed by atoms with E-state index in [1.54, 1.807) is 7.11 Å². The third-order valence-corrected chi connectivity index (χ3v) is 10.0. The van der Waals surface area contributed by atoms with Gasteiger partial charge < -0.3 is 29.8 Å². The molecule has 3 N–H and O–H groups in total. The van der Waals surface area contributed by atoms with E-state index in [0.29, 0.717) is 17.7 Å². The monoisotopic (exact) mass is 582 g/mol. The Morgan fingerprint density at radius 3 is 2.65 bits per heavy atom. The van der Waals surface area contributed by atoms with Crippen molar-refractivity contribution in [3.63, 3.8) is 0 Å². The van der Waals surface area contributed by atoms with Crippen LogP contribution in [0.25, 0.3) is 33.5 Å². The second kappa shape index (κ2) is 11.0. The SMILES string of the molecule is COc1cc(C(=O)N2[C@H]3CC[C@@H]2[C@H](N)C3)cc2nc(-c3cc4ccc5cc4n3CCCCCCCC(=O)N[C@@H]5C)n(C)c12. The van der Waals surface area contributed by atoms with Gasteiger partial charge in [0.05, 0.1) is 24.4 Å². The van der Waals surface area contributed by atoms with Gasteiger partial charge in [0, 0.05) is 54.6 Å². The van der Waals surface area contributed by atoms with Crippen LogP contribution >= 0.6 is 0 Å². The standard InChI is InChI=1S/C34H42N6O3/c1-20-21-10-11-22-17-29(39(28(22)16-21)14-8-6-4-5-7-9-31(41)36-20)33-37-26-15-23(18-30(43-3)32(26)38(33)2)34(42)40-24-12-13-27(40)25(35)19-24/h10-11,15-18,20,24-25,27H,4-9,12-14,19,35H2,1-3H3,(H,36,41)/t20-,24+,25-,27-/m1/s1. The molecular weight excluding hydrogens is 540 g/mol. The van der Waals surface area contributed by atoms with Crippen molar-refractivity contribution in [1.82, 2.24) is 24.3 Å². The molecule has 5 heterocycles. The number of amides is 2. The number of benzene rings is 2. The van der Waals surface area contributed by atoms with Crippen LogP contribution in [0, 0.1) is 0 Å². The third kappa shape index (κ3) is 4.78. The summed E-state index contributed by atoms with van der Waals surface area (Å²) in [5.74, 6) is 1.61. The number of imidazole rings is 1.